The third-order valence-electron chi connectivity index (χ3n) is 2.93. The quantitative estimate of drug-likeness (QED) is 0.778. The predicted molar refractivity (Wildman–Crippen MR) is 59.6 cm³/mol. The Kier molecular flexibility index (Phi) is 2.92. The molecule has 0 radical (unpaired) electrons. The highest BCUT2D eigenvalue weighted by Gasteiger charge is 2.25. The second-order valence-corrected chi connectivity index (χ2v) is 4.26. The highest BCUT2D eigenvalue weighted by molar-refractivity contribution is 5.95. The summed E-state index contributed by atoms with van der Waals surface area (Å²) in [5, 5.41) is 0. The maximum absolute atomic E-state index is 12.9. The van der Waals surface area contributed by atoms with E-state index in [-0.39, 0.29) is 17.8 Å². The number of rotatable bonds is 1. The number of hydrogen-bond acceptors (Lipinski definition) is 2. The van der Waals surface area contributed by atoms with Crippen molar-refractivity contribution in [2.45, 2.75) is 19.4 Å². The van der Waals surface area contributed by atoms with E-state index in [4.69, 9.17) is 5.73 Å². The smallest absolute Gasteiger partial charge is 0.254 e. The lowest BCUT2D eigenvalue weighted by atomic mass is 10.1. The summed E-state index contributed by atoms with van der Waals surface area (Å²) < 4.78 is 12.9. The third-order valence-corrected chi connectivity index (χ3v) is 2.93. The molecule has 1 atom stereocenters. The van der Waals surface area contributed by atoms with Gasteiger partial charge in [0.05, 0.1) is 0 Å². The first-order valence-corrected chi connectivity index (χ1v) is 5.39. The fourth-order valence-electron chi connectivity index (χ4n) is 2.01. The molecule has 1 amide bonds. The van der Waals surface area contributed by atoms with Crippen LogP contribution < -0.4 is 5.73 Å². The molecule has 0 saturated carbocycles. The summed E-state index contributed by atoms with van der Waals surface area (Å²) in [6.07, 6.45) is 0.839. The number of nitrogens with zero attached hydrogens (tertiary/aromatic N) is 1. The van der Waals surface area contributed by atoms with Gasteiger partial charge in [-0.3, -0.25) is 4.79 Å². The second kappa shape index (κ2) is 4.22. The molecule has 16 heavy (non-hydrogen) atoms. The van der Waals surface area contributed by atoms with Crippen LogP contribution >= 0.6 is 0 Å². The third kappa shape index (κ3) is 2.07. The lowest BCUT2D eigenvalue weighted by molar-refractivity contribution is 0.0790. The minimum atomic E-state index is -0.313. The summed E-state index contributed by atoms with van der Waals surface area (Å²) in [5.41, 5.74) is 6.99. The van der Waals surface area contributed by atoms with E-state index in [1.807, 2.05) is 0 Å². The topological polar surface area (TPSA) is 46.3 Å². The summed E-state index contributed by atoms with van der Waals surface area (Å²) in [7, 11) is 0. The summed E-state index contributed by atoms with van der Waals surface area (Å²) in [6, 6.07) is 4.31. The number of carbonyl (C=O) groups is 1. The molecule has 3 nitrogen and oxygen atoms in total. The van der Waals surface area contributed by atoms with Crippen LogP contribution in [0.25, 0.3) is 0 Å². The first kappa shape index (κ1) is 11.1. The molecule has 1 aromatic carbocycles. The lowest BCUT2D eigenvalue weighted by Gasteiger charge is -2.17. The zero-order valence-corrected chi connectivity index (χ0v) is 9.24. The number of halogens is 1. The Morgan fingerprint density at radius 3 is 2.88 bits per heavy atom. The number of aryl methyl sites for hydroxylation is 1. The number of nitrogens with two attached hydrogens (primary N) is 1. The first-order chi connectivity index (χ1) is 7.58. The molecule has 0 aliphatic carbocycles. The van der Waals surface area contributed by atoms with Crippen molar-refractivity contribution in [1.29, 1.82) is 0 Å². The largest absolute Gasteiger partial charge is 0.337 e. The molecule has 0 spiro atoms. The number of likely N-dealkylation sites (tertiary alicyclic amines) is 1. The van der Waals surface area contributed by atoms with E-state index in [1.165, 1.54) is 18.2 Å². The number of hydrogen-bond donors (Lipinski definition) is 1. The van der Waals surface area contributed by atoms with Crippen LogP contribution in [0.3, 0.4) is 0 Å². The molecule has 0 bridgehead atoms. The van der Waals surface area contributed by atoms with Gasteiger partial charge in [0.25, 0.3) is 5.91 Å². The Morgan fingerprint density at radius 1 is 1.56 bits per heavy atom. The van der Waals surface area contributed by atoms with Crippen molar-refractivity contribution < 1.29 is 9.18 Å². The molecule has 4 heteroatoms. The number of amides is 1. The minimum absolute atomic E-state index is 0.0505. The molecule has 86 valence electrons. The average molecular weight is 222 g/mol. The molecule has 1 heterocycles. The van der Waals surface area contributed by atoms with Gasteiger partial charge in [-0.1, -0.05) is 0 Å². The van der Waals surface area contributed by atoms with E-state index in [0.717, 1.165) is 6.42 Å². The van der Waals surface area contributed by atoms with Crippen LogP contribution in [-0.2, 0) is 0 Å². The van der Waals surface area contributed by atoms with Crippen molar-refractivity contribution in [2.24, 2.45) is 5.73 Å². The maximum atomic E-state index is 12.9. The monoisotopic (exact) mass is 222 g/mol. The minimum Gasteiger partial charge on any atom is -0.337 e. The van der Waals surface area contributed by atoms with Gasteiger partial charge < -0.3 is 10.6 Å². The SMILES string of the molecule is Cc1cc(F)ccc1C(=O)N1CC[C@@H](N)C1. The van der Waals surface area contributed by atoms with Gasteiger partial charge in [0.2, 0.25) is 0 Å². The zero-order valence-electron chi connectivity index (χ0n) is 9.24. The van der Waals surface area contributed by atoms with Crippen LogP contribution in [0.5, 0.6) is 0 Å². The van der Waals surface area contributed by atoms with E-state index in [1.54, 1.807) is 11.8 Å². The van der Waals surface area contributed by atoms with Crippen molar-refractivity contribution in [3.8, 4) is 0 Å². The molecule has 1 aromatic rings. The highest BCUT2D eigenvalue weighted by Crippen LogP contribution is 2.16. The van der Waals surface area contributed by atoms with Gasteiger partial charge in [0.15, 0.2) is 0 Å². The van der Waals surface area contributed by atoms with Crippen molar-refractivity contribution in [1.82, 2.24) is 4.90 Å². The van der Waals surface area contributed by atoms with E-state index < -0.39 is 0 Å². The Balaban J connectivity index is 2.21. The van der Waals surface area contributed by atoms with Gasteiger partial charge in [-0.15, -0.1) is 0 Å². The zero-order chi connectivity index (χ0) is 11.7. The molecular weight excluding hydrogens is 207 g/mol. The molecule has 1 fully saturated rings. The number of benzene rings is 1. The summed E-state index contributed by atoms with van der Waals surface area (Å²) in [6.45, 7) is 3.03. The van der Waals surface area contributed by atoms with Crippen LogP contribution in [0, 0.1) is 12.7 Å². The Hall–Kier alpha value is -1.42. The molecule has 2 N–H and O–H groups in total. The standard InChI is InChI=1S/C12H15FN2O/c1-8-6-9(13)2-3-11(8)12(16)15-5-4-10(14)7-15/h2-3,6,10H,4-5,7,14H2,1H3/t10-/m1/s1. The molecule has 1 aliphatic heterocycles. The van der Waals surface area contributed by atoms with Gasteiger partial charge in [-0.05, 0) is 37.1 Å². The highest BCUT2D eigenvalue weighted by atomic mass is 19.1. The normalized spacial score (nSPS) is 20.2. The summed E-state index contributed by atoms with van der Waals surface area (Å²) in [4.78, 5) is 13.8. The summed E-state index contributed by atoms with van der Waals surface area (Å²) in [5.74, 6) is -0.363. The van der Waals surface area contributed by atoms with Crippen LogP contribution in [0.15, 0.2) is 18.2 Å². The van der Waals surface area contributed by atoms with E-state index in [9.17, 15) is 9.18 Å². The Morgan fingerprint density at radius 2 is 2.31 bits per heavy atom. The lowest BCUT2D eigenvalue weighted by Crippen LogP contribution is -2.32. The fraction of sp³-hybridized carbons (Fsp3) is 0.417. The van der Waals surface area contributed by atoms with Gasteiger partial charge in [0, 0.05) is 24.7 Å². The Bertz CT molecular complexity index is 419. The van der Waals surface area contributed by atoms with E-state index in [0.29, 0.717) is 24.2 Å². The first-order valence-electron chi connectivity index (χ1n) is 5.39. The van der Waals surface area contributed by atoms with Crippen molar-refractivity contribution in [3.63, 3.8) is 0 Å². The predicted octanol–water partition coefficient (Wildman–Crippen LogP) is 1.31. The van der Waals surface area contributed by atoms with Crippen LogP contribution in [0.1, 0.15) is 22.3 Å². The van der Waals surface area contributed by atoms with Gasteiger partial charge in [-0.2, -0.15) is 0 Å². The maximum Gasteiger partial charge on any atom is 0.254 e. The molecule has 1 aliphatic rings. The van der Waals surface area contributed by atoms with E-state index in [2.05, 4.69) is 0 Å². The number of carbonyl (C=O) groups excluding carboxylic acids is 1. The summed E-state index contributed by atoms with van der Waals surface area (Å²) >= 11 is 0. The van der Waals surface area contributed by atoms with Gasteiger partial charge in [-0.25, -0.2) is 4.39 Å². The van der Waals surface area contributed by atoms with Crippen LogP contribution in [0.4, 0.5) is 4.39 Å². The fourth-order valence-corrected chi connectivity index (χ4v) is 2.01. The molecule has 2 rings (SSSR count). The molecule has 0 unspecified atom stereocenters. The second-order valence-electron chi connectivity index (χ2n) is 4.26. The van der Waals surface area contributed by atoms with Crippen LogP contribution in [-0.4, -0.2) is 29.9 Å². The van der Waals surface area contributed by atoms with Crippen LogP contribution in [0.2, 0.25) is 0 Å². The van der Waals surface area contributed by atoms with E-state index >= 15 is 0 Å². The van der Waals surface area contributed by atoms with Crippen molar-refractivity contribution in [3.05, 3.63) is 35.1 Å². The van der Waals surface area contributed by atoms with Crippen molar-refractivity contribution in [2.75, 3.05) is 13.1 Å². The molecule has 1 saturated heterocycles. The Labute approximate surface area is 94.0 Å². The van der Waals surface area contributed by atoms with Gasteiger partial charge in [0.1, 0.15) is 5.82 Å². The van der Waals surface area contributed by atoms with Crippen molar-refractivity contribution >= 4 is 5.91 Å². The van der Waals surface area contributed by atoms with Gasteiger partial charge >= 0.3 is 0 Å². The average Bonchev–Trinajstić information content (AvgIpc) is 2.64. The molecular formula is C12H15FN2O. The molecule has 0 aromatic heterocycles.